The number of ether oxygens (including phenoxy) is 3. The van der Waals surface area contributed by atoms with Gasteiger partial charge in [0.15, 0.2) is 11.4 Å². The molecule has 0 fully saturated rings. The summed E-state index contributed by atoms with van der Waals surface area (Å²) >= 11 is 1.27. The van der Waals surface area contributed by atoms with E-state index < -0.39 is 0 Å². The van der Waals surface area contributed by atoms with Gasteiger partial charge in [0.05, 0.1) is 44.3 Å². The number of methoxy groups -OCH3 is 3. The lowest BCUT2D eigenvalue weighted by atomic mass is 10.1. The van der Waals surface area contributed by atoms with Crippen molar-refractivity contribution in [1.82, 2.24) is 15.1 Å². The molecule has 0 aliphatic carbocycles. The van der Waals surface area contributed by atoms with Crippen molar-refractivity contribution in [3.05, 3.63) is 54.1 Å². The summed E-state index contributed by atoms with van der Waals surface area (Å²) in [5.74, 6) is 2.43. The molecule has 0 aliphatic heterocycles. The van der Waals surface area contributed by atoms with Crippen molar-refractivity contribution in [2.24, 2.45) is 16.5 Å². The zero-order valence-corrected chi connectivity index (χ0v) is 22.5. The van der Waals surface area contributed by atoms with Crippen LogP contribution in [-0.2, 0) is 0 Å². The summed E-state index contributed by atoms with van der Waals surface area (Å²) in [6, 6.07) is 7.24. The topological polar surface area (TPSA) is 156 Å². The number of aliphatic imine (C=N–C) groups is 1. The Morgan fingerprint density at radius 2 is 1.74 bits per heavy atom. The number of hydrogen-bond acceptors (Lipinski definition) is 11. The molecule has 12 heteroatoms. The van der Waals surface area contributed by atoms with E-state index in [2.05, 4.69) is 24.8 Å². The van der Waals surface area contributed by atoms with E-state index in [4.69, 9.17) is 30.2 Å². The Labute approximate surface area is 224 Å². The van der Waals surface area contributed by atoms with E-state index in [-0.39, 0.29) is 5.84 Å². The molecule has 2 aromatic carbocycles. The maximum Gasteiger partial charge on any atom is 0.187 e. The number of allylic oxidation sites excluding steroid dienone is 1. The van der Waals surface area contributed by atoms with Gasteiger partial charge in [0.1, 0.15) is 33.7 Å². The molecule has 2 heterocycles. The average molecular weight is 536 g/mol. The Bertz CT molecular complexity index is 1470. The number of nitrogens with one attached hydrogen (secondary N) is 1. The third kappa shape index (κ3) is 5.75. The quantitative estimate of drug-likeness (QED) is 0.143. The van der Waals surface area contributed by atoms with Crippen LogP contribution in [0.1, 0.15) is 19.0 Å². The van der Waals surface area contributed by atoms with Gasteiger partial charge in [-0.05, 0) is 49.6 Å². The van der Waals surface area contributed by atoms with Crippen LogP contribution < -0.4 is 30.4 Å². The van der Waals surface area contributed by atoms with E-state index in [1.54, 1.807) is 51.9 Å². The summed E-state index contributed by atoms with van der Waals surface area (Å²) in [6.45, 7) is 3.82. The summed E-state index contributed by atoms with van der Waals surface area (Å²) < 4.78 is 25.6. The highest BCUT2D eigenvalue weighted by molar-refractivity contribution is 8.00. The number of nitrogens with zero attached hydrogens (tertiary/aromatic N) is 4. The molecule has 0 atom stereocenters. The van der Waals surface area contributed by atoms with E-state index in [1.165, 1.54) is 11.9 Å². The number of hydrogen-bond donors (Lipinski definition) is 3. The van der Waals surface area contributed by atoms with Gasteiger partial charge in [-0.25, -0.2) is 4.99 Å². The second-order valence-corrected chi connectivity index (χ2v) is 8.93. The highest BCUT2D eigenvalue weighted by atomic mass is 32.2. The van der Waals surface area contributed by atoms with E-state index >= 15 is 0 Å². The van der Waals surface area contributed by atoms with Crippen molar-refractivity contribution in [3.63, 3.8) is 0 Å². The highest BCUT2D eigenvalue weighted by Crippen LogP contribution is 2.43. The third-order valence-corrected chi connectivity index (χ3v) is 6.45. The van der Waals surface area contributed by atoms with Crippen LogP contribution in [-0.4, -0.2) is 42.3 Å². The minimum Gasteiger partial charge on any atom is -0.495 e. The first-order valence-electron chi connectivity index (χ1n) is 11.6. The molecule has 0 aliphatic rings. The Morgan fingerprint density at radius 3 is 2.34 bits per heavy atom. The second-order valence-electron chi connectivity index (χ2n) is 8.12. The number of amidine groups is 1. The number of anilines is 1. The van der Waals surface area contributed by atoms with Crippen LogP contribution in [0, 0.1) is 6.92 Å². The second kappa shape index (κ2) is 11.7. The molecular formula is C26H29N7O4S. The van der Waals surface area contributed by atoms with Gasteiger partial charge in [0.25, 0.3) is 0 Å². The molecule has 2 aromatic heterocycles. The maximum atomic E-state index is 6.02. The molecule has 0 unspecified atom stereocenters. The van der Waals surface area contributed by atoms with E-state index in [9.17, 15) is 0 Å². The molecule has 4 rings (SSSR count). The molecule has 0 bridgehead atoms. The first kappa shape index (κ1) is 26.6. The molecule has 11 nitrogen and oxygen atoms in total. The third-order valence-electron chi connectivity index (χ3n) is 5.55. The normalized spacial score (nSPS) is 12.0. The van der Waals surface area contributed by atoms with Crippen LogP contribution in [0.4, 0.5) is 11.5 Å². The monoisotopic (exact) mass is 535 g/mol. The number of aryl methyl sites for hydroxylation is 1. The van der Waals surface area contributed by atoms with Crippen molar-refractivity contribution in [1.29, 1.82) is 0 Å². The molecule has 198 valence electrons. The highest BCUT2D eigenvalue weighted by Gasteiger charge is 2.18. The molecule has 0 saturated carbocycles. The summed E-state index contributed by atoms with van der Waals surface area (Å²) in [7, 11) is 4.74. The predicted molar refractivity (Wildman–Crippen MR) is 149 cm³/mol. The van der Waals surface area contributed by atoms with Gasteiger partial charge in [-0.1, -0.05) is 12.1 Å². The zero-order chi connectivity index (χ0) is 27.2. The number of benzene rings is 2. The van der Waals surface area contributed by atoms with Gasteiger partial charge >= 0.3 is 0 Å². The lowest BCUT2D eigenvalue weighted by molar-refractivity contribution is 0.377. The van der Waals surface area contributed by atoms with Crippen LogP contribution in [0.25, 0.3) is 22.2 Å². The van der Waals surface area contributed by atoms with Gasteiger partial charge in [-0.2, -0.15) is 0 Å². The minimum absolute atomic E-state index is 0.259. The maximum absolute atomic E-state index is 6.02. The van der Waals surface area contributed by atoms with Crippen LogP contribution in [0.2, 0.25) is 0 Å². The number of nitrogens with two attached hydrogens (primary N) is 2. The van der Waals surface area contributed by atoms with Gasteiger partial charge < -0.3 is 34.9 Å². The average Bonchev–Trinajstić information content (AvgIpc) is 3.32. The fourth-order valence-corrected chi connectivity index (χ4v) is 4.34. The van der Waals surface area contributed by atoms with Crippen LogP contribution in [0.3, 0.4) is 0 Å². The predicted octanol–water partition coefficient (Wildman–Crippen LogP) is 4.98. The van der Waals surface area contributed by atoms with Crippen molar-refractivity contribution < 1.29 is 18.7 Å². The first-order chi connectivity index (χ1) is 18.4. The van der Waals surface area contributed by atoms with E-state index in [0.29, 0.717) is 57.5 Å². The van der Waals surface area contributed by atoms with Crippen molar-refractivity contribution >= 4 is 40.3 Å². The lowest BCUT2D eigenvalue weighted by Gasteiger charge is -2.15. The molecular weight excluding hydrogens is 506 g/mol. The van der Waals surface area contributed by atoms with Gasteiger partial charge in [0.2, 0.25) is 0 Å². The summed E-state index contributed by atoms with van der Waals surface area (Å²) in [5, 5.41) is 4.87. The molecule has 0 spiro atoms. The Hall–Kier alpha value is -4.45. The first-order valence-corrected chi connectivity index (χ1v) is 12.4. The van der Waals surface area contributed by atoms with E-state index in [0.717, 1.165) is 16.2 Å². The number of fused-ring (bicyclic) bond motifs is 1. The standard InChI is InChI=1S/C26H29N7O4S/c1-6-16(27)9-24(28)31-18-11-20-17(10-21(18)34-3)26(32-37-20)33-38-25-22(35-4)7-15(8-23(25)36-5)19-13-29-14(2)12-30-19/h7-13H,6,27H2,1-5H3,(H2,28,31)(H,32,33)/b16-9-. The van der Waals surface area contributed by atoms with Gasteiger partial charge in [-0.15, -0.1) is 0 Å². The Kier molecular flexibility index (Phi) is 8.22. The SMILES string of the molecule is CC/C(N)=C/C(N)=Nc1cc2onc(NSc3c(OC)cc(-c4cnc(C)cn4)cc3OC)c2cc1OC. The molecule has 5 N–H and O–H groups in total. The van der Waals surface area contributed by atoms with E-state index in [1.807, 2.05) is 26.0 Å². The van der Waals surface area contributed by atoms with Gasteiger partial charge in [-0.3, -0.25) is 9.97 Å². The lowest BCUT2D eigenvalue weighted by Crippen LogP contribution is -2.10. The van der Waals surface area contributed by atoms with Crippen molar-refractivity contribution in [2.75, 3.05) is 26.1 Å². The van der Waals surface area contributed by atoms with Crippen LogP contribution in [0.15, 0.2) is 62.8 Å². The Morgan fingerprint density at radius 1 is 1.03 bits per heavy atom. The fourth-order valence-electron chi connectivity index (χ4n) is 3.51. The summed E-state index contributed by atoms with van der Waals surface area (Å²) in [5.41, 5.74) is 15.9. The van der Waals surface area contributed by atoms with Crippen LogP contribution in [0.5, 0.6) is 17.2 Å². The molecule has 38 heavy (non-hydrogen) atoms. The zero-order valence-electron chi connectivity index (χ0n) is 21.7. The minimum atomic E-state index is 0.259. The molecule has 0 saturated heterocycles. The summed E-state index contributed by atoms with van der Waals surface area (Å²) in [4.78, 5) is 13.9. The largest absolute Gasteiger partial charge is 0.495 e. The smallest absolute Gasteiger partial charge is 0.187 e. The number of rotatable bonds is 10. The molecule has 0 radical (unpaired) electrons. The fraction of sp³-hybridized carbons (Fsp3) is 0.231. The van der Waals surface area contributed by atoms with Crippen molar-refractivity contribution in [2.45, 2.75) is 25.2 Å². The van der Waals surface area contributed by atoms with Crippen LogP contribution >= 0.6 is 11.9 Å². The summed E-state index contributed by atoms with van der Waals surface area (Å²) in [6.07, 6.45) is 5.71. The molecule has 0 amide bonds. The van der Waals surface area contributed by atoms with Crippen molar-refractivity contribution in [3.8, 4) is 28.5 Å². The Balaban J connectivity index is 1.64. The molecule has 4 aromatic rings. The van der Waals surface area contributed by atoms with Gasteiger partial charge in [0, 0.05) is 23.5 Å². The number of aromatic nitrogens is 3.